The van der Waals surface area contributed by atoms with Gasteiger partial charge in [-0.1, -0.05) is 200 Å². The van der Waals surface area contributed by atoms with Crippen LogP contribution in [0.1, 0.15) is 0 Å². The van der Waals surface area contributed by atoms with Crippen LogP contribution < -0.4 is 0 Å². The molecule has 0 saturated carbocycles. The summed E-state index contributed by atoms with van der Waals surface area (Å²) in [5.74, 6) is 0.697. The van der Waals surface area contributed by atoms with Gasteiger partial charge in [-0.15, -0.1) is 0 Å². The number of rotatable bonds is 7. The highest BCUT2D eigenvalue weighted by Crippen LogP contribution is 2.42. The maximum absolute atomic E-state index is 5.30. The first-order valence-electron chi connectivity index (χ1n) is 21.5. The molecular weight excluding hydrogens is 763 g/mol. The van der Waals surface area contributed by atoms with Gasteiger partial charge in [-0.3, -0.25) is 0 Å². The Morgan fingerprint density at radius 3 is 1.32 bits per heavy atom. The van der Waals surface area contributed by atoms with Gasteiger partial charge in [0.25, 0.3) is 0 Å². The van der Waals surface area contributed by atoms with E-state index in [0.717, 1.165) is 44.5 Å². The van der Waals surface area contributed by atoms with E-state index in [2.05, 4.69) is 235 Å². The first-order chi connectivity index (χ1) is 31.2. The van der Waals surface area contributed by atoms with Crippen molar-refractivity contribution in [2.24, 2.45) is 0 Å². The van der Waals surface area contributed by atoms with Crippen molar-refractivity contribution in [2.45, 2.75) is 0 Å². The lowest BCUT2D eigenvalue weighted by Crippen LogP contribution is -1.98. The minimum atomic E-state index is 0.697. The van der Waals surface area contributed by atoms with E-state index in [1.807, 2.05) is 6.07 Å². The van der Waals surface area contributed by atoms with Crippen molar-refractivity contribution < 1.29 is 0 Å². The summed E-state index contributed by atoms with van der Waals surface area (Å²) in [6, 6.07) is 84.6. The third-order valence-corrected chi connectivity index (χ3v) is 12.5. The van der Waals surface area contributed by atoms with Gasteiger partial charge in [-0.25, -0.2) is 9.97 Å². The monoisotopic (exact) mass is 801 g/mol. The minimum absolute atomic E-state index is 0.697. The summed E-state index contributed by atoms with van der Waals surface area (Å²) in [6.07, 6.45) is 0. The molecule has 0 N–H and O–H groups in total. The molecule has 2 heterocycles. The van der Waals surface area contributed by atoms with Crippen LogP contribution in [0.2, 0.25) is 0 Å². The van der Waals surface area contributed by atoms with E-state index in [1.54, 1.807) is 0 Å². The van der Waals surface area contributed by atoms with E-state index in [-0.39, 0.29) is 0 Å². The van der Waals surface area contributed by atoms with Crippen LogP contribution in [0, 0.1) is 0 Å². The van der Waals surface area contributed by atoms with Crippen LogP contribution in [-0.2, 0) is 0 Å². The molecule has 0 amide bonds. The number of hydrogen-bond acceptors (Lipinski definition) is 2. The molecule has 0 spiro atoms. The Balaban J connectivity index is 1.00. The molecule has 12 rings (SSSR count). The van der Waals surface area contributed by atoms with Crippen LogP contribution in [-0.4, -0.2) is 14.5 Å². The lowest BCUT2D eigenvalue weighted by atomic mass is 9.91. The highest BCUT2D eigenvalue weighted by molar-refractivity contribution is 6.14. The van der Waals surface area contributed by atoms with Crippen molar-refractivity contribution in [3.63, 3.8) is 0 Å². The molecule has 0 aliphatic carbocycles. The lowest BCUT2D eigenvalue weighted by molar-refractivity contribution is 1.19. The second-order valence-electron chi connectivity index (χ2n) is 16.1. The molecule has 0 atom stereocenters. The molecule has 0 unspecified atom stereocenters. The van der Waals surface area contributed by atoms with Crippen LogP contribution in [0.3, 0.4) is 0 Å². The Morgan fingerprint density at radius 1 is 0.254 bits per heavy atom. The zero-order valence-corrected chi connectivity index (χ0v) is 34.4. The molecule has 0 radical (unpaired) electrons. The number of benzene rings is 10. The minimum Gasteiger partial charge on any atom is -0.309 e. The van der Waals surface area contributed by atoms with Gasteiger partial charge in [-0.2, -0.15) is 0 Å². The van der Waals surface area contributed by atoms with Gasteiger partial charge in [-0.05, 0) is 85.9 Å². The lowest BCUT2D eigenvalue weighted by Gasteiger charge is -2.17. The molecular formula is C60H39N3. The van der Waals surface area contributed by atoms with Crippen LogP contribution in [0.25, 0.3) is 116 Å². The zero-order chi connectivity index (χ0) is 41.7. The van der Waals surface area contributed by atoms with Crippen molar-refractivity contribution in [3.8, 4) is 73.0 Å². The SMILES string of the molecule is c1ccc(-c2ccc(-c3cc(-c4ccccc4)nc(-c4ccc(-c5ccc(-n6c7ccccc7c7cc(-c8ccccc8)ccc76)c6ccccc56)c5ccccc45)n3)cc2)cc1. The Kier molecular flexibility index (Phi) is 8.83. The molecule has 0 fully saturated rings. The van der Waals surface area contributed by atoms with Gasteiger partial charge in [0, 0.05) is 32.8 Å². The second kappa shape index (κ2) is 15.3. The van der Waals surface area contributed by atoms with Crippen molar-refractivity contribution in [1.29, 1.82) is 0 Å². The number of fused-ring (bicyclic) bond motifs is 5. The number of hydrogen-bond donors (Lipinski definition) is 0. The summed E-state index contributed by atoms with van der Waals surface area (Å²) in [5.41, 5.74) is 15.5. The van der Waals surface area contributed by atoms with E-state index in [1.165, 1.54) is 66.0 Å². The first-order valence-corrected chi connectivity index (χ1v) is 21.5. The summed E-state index contributed by atoms with van der Waals surface area (Å²) >= 11 is 0. The third kappa shape index (κ3) is 6.38. The fraction of sp³-hybridized carbons (Fsp3) is 0. The van der Waals surface area contributed by atoms with E-state index in [4.69, 9.17) is 9.97 Å². The smallest absolute Gasteiger partial charge is 0.161 e. The van der Waals surface area contributed by atoms with E-state index in [9.17, 15) is 0 Å². The molecule has 0 aliphatic heterocycles. The van der Waals surface area contributed by atoms with Gasteiger partial charge in [0.05, 0.1) is 28.1 Å². The fourth-order valence-corrected chi connectivity index (χ4v) is 9.42. The summed E-state index contributed by atoms with van der Waals surface area (Å²) in [5, 5.41) is 7.14. The Bertz CT molecular complexity index is 3650. The van der Waals surface area contributed by atoms with Gasteiger partial charge >= 0.3 is 0 Å². The average molecular weight is 802 g/mol. The Morgan fingerprint density at radius 2 is 0.667 bits per heavy atom. The third-order valence-electron chi connectivity index (χ3n) is 12.5. The molecule has 3 heteroatoms. The van der Waals surface area contributed by atoms with Gasteiger partial charge in [0.15, 0.2) is 5.82 Å². The van der Waals surface area contributed by atoms with Crippen molar-refractivity contribution >= 4 is 43.4 Å². The molecule has 63 heavy (non-hydrogen) atoms. The predicted molar refractivity (Wildman–Crippen MR) is 264 cm³/mol. The van der Waals surface area contributed by atoms with Gasteiger partial charge in [0.2, 0.25) is 0 Å². The van der Waals surface area contributed by atoms with Gasteiger partial charge < -0.3 is 4.57 Å². The van der Waals surface area contributed by atoms with Crippen molar-refractivity contribution in [3.05, 3.63) is 237 Å². The number of aromatic nitrogens is 3. The fourth-order valence-electron chi connectivity index (χ4n) is 9.42. The predicted octanol–water partition coefficient (Wildman–Crippen LogP) is 15.9. The maximum atomic E-state index is 5.30. The molecule has 0 aliphatic rings. The standard InChI is InChI=1S/C60H39N3/c1-4-16-40(17-5-1)42-28-30-44(31-29-42)56-39-55(43-20-8-3-9-21-43)61-60(62-56)53-34-33-49(46-22-10-11-24-48(46)53)50-35-37-58(51-25-13-12-23-47(50)51)63-57-27-15-14-26-52(57)54-38-45(32-36-59(54)63)41-18-6-2-7-19-41/h1-39H. The molecule has 10 aromatic carbocycles. The number of nitrogens with zero attached hydrogens (tertiary/aromatic N) is 3. The van der Waals surface area contributed by atoms with Crippen molar-refractivity contribution in [2.75, 3.05) is 0 Å². The molecule has 12 aromatic rings. The largest absolute Gasteiger partial charge is 0.309 e. The quantitative estimate of drug-likeness (QED) is 0.161. The van der Waals surface area contributed by atoms with Crippen molar-refractivity contribution in [1.82, 2.24) is 14.5 Å². The van der Waals surface area contributed by atoms with E-state index < -0.39 is 0 Å². The maximum Gasteiger partial charge on any atom is 0.161 e. The summed E-state index contributed by atoms with van der Waals surface area (Å²) in [4.78, 5) is 10.6. The Labute approximate surface area is 365 Å². The molecule has 2 aromatic heterocycles. The molecule has 0 bridgehead atoms. The molecule has 3 nitrogen and oxygen atoms in total. The summed E-state index contributed by atoms with van der Waals surface area (Å²) in [6.45, 7) is 0. The topological polar surface area (TPSA) is 30.7 Å². The normalized spacial score (nSPS) is 11.5. The van der Waals surface area contributed by atoms with E-state index >= 15 is 0 Å². The van der Waals surface area contributed by atoms with Crippen LogP contribution >= 0.6 is 0 Å². The van der Waals surface area contributed by atoms with Crippen LogP contribution in [0.5, 0.6) is 0 Å². The first kappa shape index (κ1) is 36.5. The summed E-state index contributed by atoms with van der Waals surface area (Å²) < 4.78 is 2.44. The highest BCUT2D eigenvalue weighted by atomic mass is 15.0. The Hall–Kier alpha value is -8.40. The average Bonchev–Trinajstić information content (AvgIpc) is 3.70. The molecule has 294 valence electrons. The second-order valence-corrected chi connectivity index (χ2v) is 16.1. The number of para-hydroxylation sites is 1. The van der Waals surface area contributed by atoms with Crippen LogP contribution in [0.15, 0.2) is 237 Å². The van der Waals surface area contributed by atoms with Gasteiger partial charge in [0.1, 0.15) is 0 Å². The molecule has 0 saturated heterocycles. The summed E-state index contributed by atoms with van der Waals surface area (Å²) in [7, 11) is 0. The van der Waals surface area contributed by atoms with E-state index in [0.29, 0.717) is 5.82 Å². The zero-order valence-electron chi connectivity index (χ0n) is 34.4. The highest BCUT2D eigenvalue weighted by Gasteiger charge is 2.19. The van der Waals surface area contributed by atoms with Crippen LogP contribution in [0.4, 0.5) is 0 Å².